The average molecular weight is 307 g/mol. The van der Waals surface area contributed by atoms with Crippen LogP contribution in [0.4, 0.5) is 5.69 Å². The Hall–Kier alpha value is -2.70. The molecule has 22 heavy (non-hydrogen) atoms. The average Bonchev–Trinajstić information content (AvgIpc) is 2.45. The monoisotopic (exact) mass is 307 g/mol. The van der Waals surface area contributed by atoms with Gasteiger partial charge in [0.1, 0.15) is 11.5 Å². The summed E-state index contributed by atoms with van der Waals surface area (Å²) in [5.74, 6) is -1.65. The topological polar surface area (TPSA) is 83.1 Å². The van der Waals surface area contributed by atoms with Gasteiger partial charge in [-0.1, -0.05) is 0 Å². The van der Waals surface area contributed by atoms with E-state index < -0.39 is 17.7 Å². The van der Waals surface area contributed by atoms with E-state index in [1.54, 1.807) is 25.3 Å². The molecule has 0 aliphatic carbocycles. The molecule has 7 heteroatoms. The normalized spacial score (nSPS) is 16.5. The first-order valence-electron chi connectivity index (χ1n) is 6.51. The first-order chi connectivity index (χ1) is 10.4. The van der Waals surface area contributed by atoms with Crippen LogP contribution in [0.2, 0.25) is 0 Å². The van der Waals surface area contributed by atoms with E-state index in [1.165, 1.54) is 27.2 Å². The summed E-state index contributed by atoms with van der Waals surface area (Å²) in [6.07, 6.45) is 1.23. The van der Waals surface area contributed by atoms with Gasteiger partial charge in [-0.3, -0.25) is 0 Å². The van der Waals surface area contributed by atoms with Crippen molar-refractivity contribution in [2.45, 2.75) is 19.6 Å². The zero-order valence-electron chi connectivity index (χ0n) is 12.8. The lowest BCUT2D eigenvalue weighted by Gasteiger charge is -2.29. The molecule has 1 aliphatic rings. The molecule has 118 valence electrons. The van der Waals surface area contributed by atoms with E-state index in [0.717, 1.165) is 0 Å². The van der Waals surface area contributed by atoms with Gasteiger partial charge in [0, 0.05) is 26.1 Å². The van der Waals surface area contributed by atoms with Crippen molar-refractivity contribution in [2.24, 2.45) is 0 Å². The van der Waals surface area contributed by atoms with Crippen LogP contribution >= 0.6 is 0 Å². The molecule has 1 aliphatic heterocycles. The van der Waals surface area contributed by atoms with E-state index >= 15 is 0 Å². The van der Waals surface area contributed by atoms with Crippen molar-refractivity contribution in [1.29, 1.82) is 0 Å². The summed E-state index contributed by atoms with van der Waals surface area (Å²) in [5, 5.41) is 2.83. The summed E-state index contributed by atoms with van der Waals surface area (Å²) in [4.78, 5) is 23.6. The standard InChI is InChI=1S/C15H17NO6/c1-15(2)21-13(17)10(14(18)22-15)8-16-11-6-5-9(19-3)7-12(11)20-4/h5-8,16H,1-4H3. The molecule has 0 radical (unpaired) electrons. The predicted octanol–water partition coefficient (Wildman–Crippen LogP) is 1.84. The number of carbonyl (C=O) groups is 2. The number of ether oxygens (including phenoxy) is 4. The van der Waals surface area contributed by atoms with Gasteiger partial charge in [-0.05, 0) is 12.1 Å². The fourth-order valence-electron chi connectivity index (χ4n) is 1.85. The Kier molecular flexibility index (Phi) is 4.25. The molecule has 0 saturated carbocycles. The minimum Gasteiger partial charge on any atom is -0.497 e. The summed E-state index contributed by atoms with van der Waals surface area (Å²) in [5.41, 5.74) is 0.332. The van der Waals surface area contributed by atoms with Crippen LogP contribution in [0, 0.1) is 0 Å². The lowest BCUT2D eigenvalue weighted by atomic mass is 10.2. The molecule has 1 saturated heterocycles. The van der Waals surface area contributed by atoms with Crippen molar-refractivity contribution in [3.63, 3.8) is 0 Å². The van der Waals surface area contributed by atoms with Crippen molar-refractivity contribution >= 4 is 17.6 Å². The van der Waals surface area contributed by atoms with E-state index in [-0.39, 0.29) is 5.57 Å². The Labute approximate surface area is 127 Å². The SMILES string of the molecule is COc1ccc(NC=C2C(=O)OC(C)(C)OC2=O)c(OC)c1. The third-order valence-corrected chi connectivity index (χ3v) is 2.90. The molecule has 0 spiro atoms. The highest BCUT2D eigenvalue weighted by Crippen LogP contribution is 2.29. The first-order valence-corrected chi connectivity index (χ1v) is 6.51. The molecular formula is C15H17NO6. The van der Waals surface area contributed by atoms with Crippen LogP contribution < -0.4 is 14.8 Å². The van der Waals surface area contributed by atoms with Crippen LogP contribution in [0.15, 0.2) is 30.0 Å². The summed E-state index contributed by atoms with van der Waals surface area (Å²) in [6.45, 7) is 2.97. The largest absolute Gasteiger partial charge is 0.497 e. The van der Waals surface area contributed by atoms with Crippen LogP contribution in [0.5, 0.6) is 11.5 Å². The zero-order chi connectivity index (χ0) is 16.3. The maximum Gasteiger partial charge on any atom is 0.350 e. The second kappa shape index (κ2) is 5.97. The smallest absolute Gasteiger partial charge is 0.350 e. The molecule has 1 heterocycles. The van der Waals surface area contributed by atoms with Crippen LogP contribution in [0.25, 0.3) is 0 Å². The third-order valence-electron chi connectivity index (χ3n) is 2.90. The quantitative estimate of drug-likeness (QED) is 0.516. The van der Waals surface area contributed by atoms with Gasteiger partial charge >= 0.3 is 11.9 Å². The fourth-order valence-corrected chi connectivity index (χ4v) is 1.85. The number of nitrogens with one attached hydrogen (secondary N) is 1. The van der Waals surface area contributed by atoms with Crippen molar-refractivity contribution in [1.82, 2.24) is 0 Å². The van der Waals surface area contributed by atoms with Gasteiger partial charge in [-0.2, -0.15) is 0 Å². The first kappa shape index (κ1) is 15.7. The van der Waals surface area contributed by atoms with E-state index in [0.29, 0.717) is 17.2 Å². The molecule has 0 unspecified atom stereocenters. The number of benzene rings is 1. The van der Waals surface area contributed by atoms with Crippen LogP contribution in [-0.2, 0) is 19.1 Å². The maximum atomic E-state index is 11.8. The molecule has 1 N–H and O–H groups in total. The molecule has 0 amide bonds. The molecular weight excluding hydrogens is 290 g/mol. The minimum absolute atomic E-state index is 0.225. The summed E-state index contributed by atoms with van der Waals surface area (Å²) < 4.78 is 20.3. The van der Waals surface area contributed by atoms with Gasteiger partial charge in [0.2, 0.25) is 0 Å². The van der Waals surface area contributed by atoms with Crippen LogP contribution in [0.3, 0.4) is 0 Å². The van der Waals surface area contributed by atoms with Crippen LogP contribution in [-0.4, -0.2) is 31.9 Å². The number of hydrogen-bond donors (Lipinski definition) is 1. The Morgan fingerprint density at radius 3 is 2.27 bits per heavy atom. The van der Waals surface area contributed by atoms with Gasteiger partial charge in [0.15, 0.2) is 5.57 Å². The second-order valence-electron chi connectivity index (χ2n) is 4.95. The fraction of sp³-hybridized carbons (Fsp3) is 0.333. The number of esters is 2. The maximum absolute atomic E-state index is 11.8. The molecule has 0 bridgehead atoms. The lowest BCUT2D eigenvalue weighted by molar-refractivity contribution is -0.222. The molecule has 1 fully saturated rings. The summed E-state index contributed by atoms with van der Waals surface area (Å²) >= 11 is 0. The Morgan fingerprint density at radius 1 is 1.09 bits per heavy atom. The van der Waals surface area contributed by atoms with Crippen molar-refractivity contribution in [3.05, 3.63) is 30.0 Å². The Bertz CT molecular complexity index is 613. The number of anilines is 1. The summed E-state index contributed by atoms with van der Waals surface area (Å²) in [7, 11) is 3.04. The predicted molar refractivity (Wildman–Crippen MR) is 77.5 cm³/mol. The third kappa shape index (κ3) is 3.30. The highest BCUT2D eigenvalue weighted by Gasteiger charge is 2.38. The highest BCUT2D eigenvalue weighted by atomic mass is 16.7. The zero-order valence-corrected chi connectivity index (χ0v) is 12.8. The summed E-state index contributed by atoms with van der Waals surface area (Å²) in [6, 6.07) is 5.07. The van der Waals surface area contributed by atoms with Crippen molar-refractivity contribution < 1.29 is 28.5 Å². The molecule has 0 atom stereocenters. The lowest BCUT2D eigenvalue weighted by Crippen LogP contribution is -2.42. The molecule has 1 aromatic carbocycles. The molecule has 7 nitrogen and oxygen atoms in total. The second-order valence-corrected chi connectivity index (χ2v) is 4.95. The Morgan fingerprint density at radius 2 is 1.73 bits per heavy atom. The van der Waals surface area contributed by atoms with Gasteiger partial charge in [0.05, 0.1) is 19.9 Å². The van der Waals surface area contributed by atoms with E-state index in [1.807, 2.05) is 0 Å². The number of rotatable bonds is 4. The van der Waals surface area contributed by atoms with Crippen molar-refractivity contribution in [2.75, 3.05) is 19.5 Å². The van der Waals surface area contributed by atoms with Gasteiger partial charge in [-0.15, -0.1) is 0 Å². The molecule has 1 aromatic rings. The highest BCUT2D eigenvalue weighted by molar-refractivity contribution is 6.15. The molecule has 2 rings (SSSR count). The van der Waals surface area contributed by atoms with Gasteiger partial charge in [0.25, 0.3) is 5.79 Å². The van der Waals surface area contributed by atoms with E-state index in [9.17, 15) is 9.59 Å². The Balaban J connectivity index is 2.21. The van der Waals surface area contributed by atoms with Gasteiger partial charge < -0.3 is 24.3 Å². The number of carbonyl (C=O) groups excluding carboxylic acids is 2. The van der Waals surface area contributed by atoms with Crippen molar-refractivity contribution in [3.8, 4) is 11.5 Å². The number of methoxy groups -OCH3 is 2. The number of hydrogen-bond acceptors (Lipinski definition) is 7. The van der Waals surface area contributed by atoms with Gasteiger partial charge in [-0.25, -0.2) is 9.59 Å². The van der Waals surface area contributed by atoms with E-state index in [4.69, 9.17) is 18.9 Å². The minimum atomic E-state index is -1.26. The van der Waals surface area contributed by atoms with E-state index in [2.05, 4.69) is 5.32 Å². The van der Waals surface area contributed by atoms with Crippen LogP contribution in [0.1, 0.15) is 13.8 Å². The molecule has 0 aromatic heterocycles. The number of cyclic esters (lactones) is 2.